The molecule has 0 aliphatic rings. The summed E-state index contributed by atoms with van der Waals surface area (Å²) in [6.07, 6.45) is 0. The van der Waals surface area contributed by atoms with Gasteiger partial charge in [-0.3, -0.25) is 4.79 Å². The number of hydrogen-bond acceptors (Lipinski definition) is 2. The van der Waals surface area contributed by atoms with Crippen LogP contribution in [0.1, 0.15) is 28.5 Å². The normalized spacial score (nSPS) is 10.6. The Morgan fingerprint density at radius 1 is 1.40 bits per heavy atom. The van der Waals surface area contributed by atoms with Crippen LogP contribution in [0.4, 0.5) is 4.39 Å². The number of benzene rings is 1. The maximum atomic E-state index is 12.9. The minimum Gasteiger partial charge on any atom is -0.352 e. The largest absolute Gasteiger partial charge is 0.352 e. The third-order valence-electron chi connectivity index (χ3n) is 2.88. The minimum absolute atomic E-state index is 0.236. The Labute approximate surface area is 121 Å². The van der Waals surface area contributed by atoms with Crippen molar-refractivity contribution < 1.29 is 9.18 Å². The van der Waals surface area contributed by atoms with Gasteiger partial charge in [0, 0.05) is 6.54 Å². The first kappa shape index (κ1) is 14.5. The fraction of sp³-hybridized carbons (Fsp3) is 0.286. The van der Waals surface area contributed by atoms with Crippen molar-refractivity contribution in [1.82, 2.24) is 15.1 Å². The van der Waals surface area contributed by atoms with E-state index in [1.165, 1.54) is 16.8 Å². The van der Waals surface area contributed by atoms with Crippen LogP contribution >= 0.6 is 11.6 Å². The van der Waals surface area contributed by atoms with Crippen LogP contribution in [0.5, 0.6) is 0 Å². The SMILES string of the molecule is CCNC(=O)c1c(C)nn(Cc2ccc(F)cc2)c1Cl. The van der Waals surface area contributed by atoms with Gasteiger partial charge in [-0.25, -0.2) is 9.07 Å². The summed E-state index contributed by atoms with van der Waals surface area (Å²) in [4.78, 5) is 11.9. The molecule has 4 nitrogen and oxygen atoms in total. The van der Waals surface area contributed by atoms with Gasteiger partial charge in [0.05, 0.1) is 17.8 Å². The molecule has 0 radical (unpaired) electrons. The van der Waals surface area contributed by atoms with Gasteiger partial charge in [0.25, 0.3) is 5.91 Å². The number of aromatic nitrogens is 2. The Kier molecular flexibility index (Phi) is 4.39. The number of hydrogen-bond donors (Lipinski definition) is 1. The molecule has 0 saturated heterocycles. The molecule has 0 spiro atoms. The summed E-state index contributed by atoms with van der Waals surface area (Å²) >= 11 is 6.21. The van der Waals surface area contributed by atoms with E-state index in [9.17, 15) is 9.18 Å². The van der Waals surface area contributed by atoms with E-state index in [4.69, 9.17) is 11.6 Å². The molecule has 1 N–H and O–H groups in total. The number of rotatable bonds is 4. The first-order valence-corrected chi connectivity index (χ1v) is 6.66. The van der Waals surface area contributed by atoms with E-state index in [-0.39, 0.29) is 16.9 Å². The Balaban J connectivity index is 2.27. The van der Waals surface area contributed by atoms with Crippen molar-refractivity contribution in [3.8, 4) is 0 Å². The van der Waals surface area contributed by atoms with Crippen LogP contribution in [-0.4, -0.2) is 22.2 Å². The van der Waals surface area contributed by atoms with E-state index in [1.807, 2.05) is 6.92 Å². The second kappa shape index (κ2) is 6.05. The van der Waals surface area contributed by atoms with Gasteiger partial charge in [-0.2, -0.15) is 5.10 Å². The van der Waals surface area contributed by atoms with Crippen LogP contribution in [0.3, 0.4) is 0 Å². The average Bonchev–Trinajstić information content (AvgIpc) is 2.67. The Bertz CT molecular complexity index is 622. The third kappa shape index (κ3) is 2.99. The molecule has 1 aromatic carbocycles. The zero-order valence-electron chi connectivity index (χ0n) is 11.3. The molecule has 0 aliphatic heterocycles. The van der Waals surface area contributed by atoms with Gasteiger partial charge in [-0.15, -0.1) is 0 Å². The highest BCUT2D eigenvalue weighted by Gasteiger charge is 2.19. The molecule has 0 atom stereocenters. The second-order valence-electron chi connectivity index (χ2n) is 4.39. The van der Waals surface area contributed by atoms with Gasteiger partial charge < -0.3 is 5.32 Å². The van der Waals surface area contributed by atoms with Gasteiger partial charge >= 0.3 is 0 Å². The van der Waals surface area contributed by atoms with Crippen LogP contribution in [-0.2, 0) is 6.54 Å². The summed E-state index contributed by atoms with van der Waals surface area (Å²) in [6.45, 7) is 4.48. The van der Waals surface area contributed by atoms with E-state index >= 15 is 0 Å². The standard InChI is InChI=1S/C14H15ClFN3O/c1-3-17-14(20)12-9(2)18-19(13(12)15)8-10-4-6-11(16)7-5-10/h4-7H,3,8H2,1-2H3,(H,17,20). The minimum atomic E-state index is -0.292. The Hall–Kier alpha value is -1.88. The lowest BCUT2D eigenvalue weighted by molar-refractivity contribution is 0.0955. The van der Waals surface area contributed by atoms with Crippen molar-refractivity contribution in [2.75, 3.05) is 6.54 Å². The molecular formula is C14H15ClFN3O. The molecule has 2 rings (SSSR count). The summed E-state index contributed by atoms with van der Waals surface area (Å²) in [5.41, 5.74) is 1.82. The van der Waals surface area contributed by atoms with E-state index in [2.05, 4.69) is 10.4 Å². The second-order valence-corrected chi connectivity index (χ2v) is 4.75. The number of aryl methyl sites for hydroxylation is 1. The van der Waals surface area contributed by atoms with Gasteiger partial charge in [-0.05, 0) is 31.5 Å². The first-order valence-electron chi connectivity index (χ1n) is 6.28. The number of halogens is 2. The van der Waals surface area contributed by atoms with Crippen LogP contribution < -0.4 is 5.32 Å². The van der Waals surface area contributed by atoms with Crippen molar-refractivity contribution >= 4 is 17.5 Å². The molecule has 106 valence electrons. The summed E-state index contributed by atoms with van der Waals surface area (Å²) in [5.74, 6) is -0.528. The topological polar surface area (TPSA) is 46.9 Å². The Morgan fingerprint density at radius 2 is 2.05 bits per heavy atom. The fourth-order valence-electron chi connectivity index (χ4n) is 1.93. The highest BCUT2D eigenvalue weighted by atomic mass is 35.5. The zero-order chi connectivity index (χ0) is 14.7. The van der Waals surface area contributed by atoms with E-state index in [1.54, 1.807) is 19.1 Å². The number of amides is 1. The number of nitrogens with one attached hydrogen (secondary N) is 1. The van der Waals surface area contributed by atoms with Gasteiger partial charge in [0.2, 0.25) is 0 Å². The summed E-state index contributed by atoms with van der Waals surface area (Å²) in [7, 11) is 0. The van der Waals surface area contributed by atoms with Crippen molar-refractivity contribution in [3.05, 3.63) is 52.1 Å². The summed E-state index contributed by atoms with van der Waals surface area (Å²) < 4.78 is 14.4. The maximum absolute atomic E-state index is 12.9. The molecule has 20 heavy (non-hydrogen) atoms. The highest BCUT2D eigenvalue weighted by molar-refractivity contribution is 6.33. The molecule has 0 fully saturated rings. The average molecular weight is 296 g/mol. The highest BCUT2D eigenvalue weighted by Crippen LogP contribution is 2.20. The molecule has 1 heterocycles. The number of carbonyl (C=O) groups excluding carboxylic acids is 1. The lowest BCUT2D eigenvalue weighted by atomic mass is 10.2. The van der Waals surface area contributed by atoms with Crippen molar-refractivity contribution in [1.29, 1.82) is 0 Å². The molecule has 1 amide bonds. The van der Waals surface area contributed by atoms with Crippen molar-refractivity contribution in [2.24, 2.45) is 0 Å². The molecular weight excluding hydrogens is 281 g/mol. The van der Waals surface area contributed by atoms with E-state index in [0.717, 1.165) is 5.56 Å². The maximum Gasteiger partial charge on any atom is 0.256 e. The summed E-state index contributed by atoms with van der Waals surface area (Å²) in [5, 5.41) is 7.25. The van der Waals surface area contributed by atoms with E-state index < -0.39 is 0 Å². The number of nitrogens with zero attached hydrogens (tertiary/aromatic N) is 2. The predicted octanol–water partition coefficient (Wildman–Crippen LogP) is 2.78. The molecule has 1 aromatic heterocycles. The number of carbonyl (C=O) groups is 1. The molecule has 0 bridgehead atoms. The first-order chi connectivity index (χ1) is 9.52. The molecule has 0 aliphatic carbocycles. The van der Waals surface area contributed by atoms with Crippen LogP contribution in [0.2, 0.25) is 5.15 Å². The molecule has 0 unspecified atom stereocenters. The predicted molar refractivity (Wildman–Crippen MR) is 75.5 cm³/mol. The Morgan fingerprint density at radius 3 is 2.65 bits per heavy atom. The quantitative estimate of drug-likeness (QED) is 0.943. The van der Waals surface area contributed by atoms with Crippen LogP contribution in [0, 0.1) is 12.7 Å². The van der Waals surface area contributed by atoms with Crippen molar-refractivity contribution in [2.45, 2.75) is 20.4 Å². The van der Waals surface area contributed by atoms with E-state index in [0.29, 0.717) is 24.3 Å². The third-order valence-corrected chi connectivity index (χ3v) is 3.26. The lowest BCUT2D eigenvalue weighted by Crippen LogP contribution is -2.23. The zero-order valence-corrected chi connectivity index (χ0v) is 12.0. The molecule has 2 aromatic rings. The van der Waals surface area contributed by atoms with Crippen molar-refractivity contribution in [3.63, 3.8) is 0 Å². The molecule has 0 saturated carbocycles. The molecule has 6 heteroatoms. The van der Waals surface area contributed by atoms with Gasteiger partial charge in [-0.1, -0.05) is 23.7 Å². The lowest BCUT2D eigenvalue weighted by Gasteiger charge is -2.04. The summed E-state index contributed by atoms with van der Waals surface area (Å²) in [6, 6.07) is 6.08. The van der Waals surface area contributed by atoms with Gasteiger partial charge in [0.1, 0.15) is 11.0 Å². The smallest absolute Gasteiger partial charge is 0.256 e. The fourth-order valence-corrected chi connectivity index (χ4v) is 2.25. The van der Waals surface area contributed by atoms with Crippen LogP contribution in [0.25, 0.3) is 0 Å². The monoisotopic (exact) mass is 295 g/mol. The van der Waals surface area contributed by atoms with Gasteiger partial charge in [0.15, 0.2) is 0 Å². The van der Waals surface area contributed by atoms with Crippen LogP contribution in [0.15, 0.2) is 24.3 Å².